The quantitative estimate of drug-likeness (QED) is 0.633. The van der Waals surface area contributed by atoms with Crippen molar-refractivity contribution in [1.29, 1.82) is 0 Å². The second kappa shape index (κ2) is 10.3. The number of aliphatic carboxylic acids is 1. The standard InChI is InChI=1S/C27H32N2O5/c1-17(2)15-23(25(30)29-14-8-7-13-24(29)26(31)32)28-27(33)34-16-22-20-11-5-3-9-18(20)19-10-4-6-12-21(19)22/h3-6,9-12,17,22-24H,7-8,13-16H2,1-2H3,(H,28,33)(H,31,32)/t23-,24-/m0/s1. The fourth-order valence-electron chi connectivity index (χ4n) is 5.13. The normalized spacial score (nSPS) is 18.2. The number of hydrogen-bond acceptors (Lipinski definition) is 4. The molecule has 1 heterocycles. The lowest BCUT2D eigenvalue weighted by molar-refractivity contribution is -0.153. The van der Waals surface area contributed by atoms with Crippen LogP contribution in [0.2, 0.25) is 0 Å². The topological polar surface area (TPSA) is 95.9 Å². The molecule has 2 N–H and O–H groups in total. The zero-order valence-electron chi connectivity index (χ0n) is 19.7. The monoisotopic (exact) mass is 464 g/mol. The molecule has 0 radical (unpaired) electrons. The highest BCUT2D eigenvalue weighted by molar-refractivity contribution is 5.89. The van der Waals surface area contributed by atoms with Crippen LogP contribution in [0.4, 0.5) is 4.79 Å². The van der Waals surface area contributed by atoms with E-state index in [0.29, 0.717) is 19.4 Å². The van der Waals surface area contributed by atoms with Gasteiger partial charge in [0.1, 0.15) is 18.7 Å². The Balaban J connectivity index is 1.45. The molecule has 0 bridgehead atoms. The Hall–Kier alpha value is -3.35. The molecule has 4 rings (SSSR count). The number of nitrogens with zero attached hydrogens (tertiary/aromatic N) is 1. The number of benzene rings is 2. The number of alkyl carbamates (subject to hydrolysis) is 1. The van der Waals surface area contributed by atoms with Gasteiger partial charge in [0.05, 0.1) is 0 Å². The highest BCUT2D eigenvalue weighted by Crippen LogP contribution is 2.44. The lowest BCUT2D eigenvalue weighted by atomic mass is 9.97. The molecule has 7 heteroatoms. The summed E-state index contributed by atoms with van der Waals surface area (Å²) in [5.74, 6) is -1.29. The van der Waals surface area contributed by atoms with Gasteiger partial charge in [-0.3, -0.25) is 4.79 Å². The molecule has 2 aromatic rings. The number of likely N-dealkylation sites (tertiary alicyclic amines) is 1. The maximum Gasteiger partial charge on any atom is 0.407 e. The van der Waals surface area contributed by atoms with Crippen molar-refractivity contribution in [1.82, 2.24) is 10.2 Å². The summed E-state index contributed by atoms with van der Waals surface area (Å²) >= 11 is 0. The second-order valence-corrected chi connectivity index (χ2v) is 9.53. The van der Waals surface area contributed by atoms with E-state index in [4.69, 9.17) is 4.74 Å². The molecule has 34 heavy (non-hydrogen) atoms. The molecule has 1 aliphatic heterocycles. The molecular formula is C27H32N2O5. The van der Waals surface area contributed by atoms with Gasteiger partial charge in [0.2, 0.25) is 5.91 Å². The fourth-order valence-corrected chi connectivity index (χ4v) is 5.13. The molecule has 180 valence electrons. The van der Waals surface area contributed by atoms with Crippen LogP contribution in [0.1, 0.15) is 56.6 Å². The Morgan fingerprint density at radius 2 is 1.65 bits per heavy atom. The number of piperidine rings is 1. The van der Waals surface area contributed by atoms with E-state index in [1.54, 1.807) is 0 Å². The number of hydrogen-bond donors (Lipinski definition) is 2. The molecule has 1 aliphatic carbocycles. The number of carboxylic acids is 1. The minimum absolute atomic E-state index is 0.0733. The van der Waals surface area contributed by atoms with E-state index in [1.807, 2.05) is 38.1 Å². The van der Waals surface area contributed by atoms with E-state index in [2.05, 4.69) is 29.6 Å². The van der Waals surface area contributed by atoms with Gasteiger partial charge < -0.3 is 20.1 Å². The van der Waals surface area contributed by atoms with Crippen LogP contribution in [0.15, 0.2) is 48.5 Å². The summed E-state index contributed by atoms with van der Waals surface area (Å²) < 4.78 is 5.63. The van der Waals surface area contributed by atoms with E-state index in [-0.39, 0.29) is 24.3 Å². The molecule has 0 spiro atoms. The number of carboxylic acid groups (broad SMARTS) is 1. The first-order valence-electron chi connectivity index (χ1n) is 12.0. The summed E-state index contributed by atoms with van der Waals surface area (Å²) in [7, 11) is 0. The van der Waals surface area contributed by atoms with E-state index in [0.717, 1.165) is 35.1 Å². The average Bonchev–Trinajstić information content (AvgIpc) is 3.15. The SMILES string of the molecule is CC(C)C[C@H](NC(=O)OCC1c2ccccc2-c2ccccc21)C(=O)N1CCCC[C@H]1C(=O)O. The van der Waals surface area contributed by atoms with Crippen LogP contribution in [-0.2, 0) is 14.3 Å². The van der Waals surface area contributed by atoms with Crippen molar-refractivity contribution in [3.8, 4) is 11.1 Å². The van der Waals surface area contributed by atoms with Crippen LogP contribution in [0, 0.1) is 5.92 Å². The molecular weight excluding hydrogens is 432 g/mol. The zero-order chi connectivity index (χ0) is 24.2. The third-order valence-corrected chi connectivity index (χ3v) is 6.71. The predicted molar refractivity (Wildman–Crippen MR) is 128 cm³/mol. The van der Waals surface area contributed by atoms with Crippen LogP contribution in [0.5, 0.6) is 0 Å². The molecule has 1 saturated heterocycles. The molecule has 2 amide bonds. The second-order valence-electron chi connectivity index (χ2n) is 9.53. The number of nitrogens with one attached hydrogen (secondary N) is 1. The van der Waals surface area contributed by atoms with Crippen molar-refractivity contribution in [3.63, 3.8) is 0 Å². The Labute approximate surface area is 200 Å². The molecule has 1 fully saturated rings. The van der Waals surface area contributed by atoms with Gasteiger partial charge in [-0.05, 0) is 53.9 Å². The number of rotatable bonds is 7. The van der Waals surface area contributed by atoms with Crippen LogP contribution >= 0.6 is 0 Å². The molecule has 2 aliphatic rings. The summed E-state index contributed by atoms with van der Waals surface area (Å²) in [4.78, 5) is 39.1. The number of ether oxygens (including phenoxy) is 1. The van der Waals surface area contributed by atoms with Crippen molar-refractivity contribution < 1.29 is 24.2 Å². The van der Waals surface area contributed by atoms with Crippen LogP contribution in [-0.4, -0.2) is 53.2 Å². The Bertz CT molecular complexity index is 1020. The summed E-state index contributed by atoms with van der Waals surface area (Å²) in [6.07, 6.45) is 1.71. The van der Waals surface area contributed by atoms with Crippen molar-refractivity contribution in [3.05, 3.63) is 59.7 Å². The van der Waals surface area contributed by atoms with Crippen molar-refractivity contribution in [2.24, 2.45) is 5.92 Å². The molecule has 0 saturated carbocycles. The minimum atomic E-state index is -1.00. The summed E-state index contributed by atoms with van der Waals surface area (Å²) in [6, 6.07) is 14.5. The lowest BCUT2D eigenvalue weighted by Gasteiger charge is -2.35. The van der Waals surface area contributed by atoms with E-state index in [9.17, 15) is 19.5 Å². The van der Waals surface area contributed by atoms with Crippen LogP contribution in [0.3, 0.4) is 0 Å². The first-order chi connectivity index (χ1) is 16.4. The van der Waals surface area contributed by atoms with E-state index in [1.165, 1.54) is 4.90 Å². The maximum atomic E-state index is 13.3. The first kappa shape index (κ1) is 23.8. The third kappa shape index (κ3) is 4.93. The Morgan fingerprint density at radius 3 is 2.24 bits per heavy atom. The zero-order valence-corrected chi connectivity index (χ0v) is 19.7. The van der Waals surface area contributed by atoms with Crippen molar-refractivity contribution in [2.75, 3.05) is 13.2 Å². The van der Waals surface area contributed by atoms with Gasteiger partial charge >= 0.3 is 12.1 Å². The van der Waals surface area contributed by atoms with Gasteiger partial charge in [-0.25, -0.2) is 9.59 Å². The highest BCUT2D eigenvalue weighted by atomic mass is 16.5. The van der Waals surface area contributed by atoms with Crippen LogP contribution in [0.25, 0.3) is 11.1 Å². The van der Waals surface area contributed by atoms with Gasteiger partial charge in [0.15, 0.2) is 0 Å². The smallest absolute Gasteiger partial charge is 0.407 e. The van der Waals surface area contributed by atoms with Gasteiger partial charge in [0, 0.05) is 12.5 Å². The molecule has 2 atom stereocenters. The van der Waals surface area contributed by atoms with Gasteiger partial charge in [-0.15, -0.1) is 0 Å². The molecule has 2 aromatic carbocycles. The number of fused-ring (bicyclic) bond motifs is 3. The largest absolute Gasteiger partial charge is 0.480 e. The Kier molecular flexibility index (Phi) is 7.20. The first-order valence-corrected chi connectivity index (χ1v) is 12.0. The number of amides is 2. The lowest BCUT2D eigenvalue weighted by Crippen LogP contribution is -2.55. The van der Waals surface area contributed by atoms with Crippen molar-refractivity contribution >= 4 is 18.0 Å². The van der Waals surface area contributed by atoms with Gasteiger partial charge in [-0.1, -0.05) is 62.4 Å². The fraction of sp³-hybridized carbons (Fsp3) is 0.444. The van der Waals surface area contributed by atoms with E-state index >= 15 is 0 Å². The Morgan fingerprint density at radius 1 is 1.03 bits per heavy atom. The van der Waals surface area contributed by atoms with Gasteiger partial charge in [-0.2, -0.15) is 0 Å². The minimum Gasteiger partial charge on any atom is -0.480 e. The number of carbonyl (C=O) groups is 3. The number of carbonyl (C=O) groups excluding carboxylic acids is 2. The van der Waals surface area contributed by atoms with Gasteiger partial charge in [0.25, 0.3) is 0 Å². The molecule has 0 unspecified atom stereocenters. The van der Waals surface area contributed by atoms with E-state index < -0.39 is 24.1 Å². The predicted octanol–water partition coefficient (Wildman–Crippen LogP) is 4.41. The summed E-state index contributed by atoms with van der Waals surface area (Å²) in [5, 5.41) is 12.3. The molecule has 7 nitrogen and oxygen atoms in total. The molecule has 0 aromatic heterocycles. The average molecular weight is 465 g/mol. The highest BCUT2D eigenvalue weighted by Gasteiger charge is 2.37. The maximum absolute atomic E-state index is 13.3. The summed E-state index contributed by atoms with van der Waals surface area (Å²) in [6.45, 7) is 4.47. The van der Waals surface area contributed by atoms with Crippen LogP contribution < -0.4 is 5.32 Å². The third-order valence-electron chi connectivity index (χ3n) is 6.71. The van der Waals surface area contributed by atoms with Crippen molar-refractivity contribution in [2.45, 2.75) is 57.5 Å². The summed E-state index contributed by atoms with van der Waals surface area (Å²) in [5.41, 5.74) is 4.52.